The number of benzene rings is 1. The van der Waals surface area contributed by atoms with Crippen LogP contribution < -0.4 is 15.0 Å². The molecule has 3 rings (SSSR count). The Labute approximate surface area is 157 Å². The van der Waals surface area contributed by atoms with Crippen molar-refractivity contribution < 1.29 is 31.6 Å². The van der Waals surface area contributed by atoms with Crippen LogP contribution in [0.4, 0.5) is 29.3 Å². The van der Waals surface area contributed by atoms with Crippen LogP contribution in [-0.2, 0) is 6.54 Å². The number of carbonyl (C=O) groups excluding carboxylic acids is 1. The average Bonchev–Trinajstić information content (AvgIpc) is 3.21. The minimum Gasteiger partial charge on any atom is -0.464 e. The molecule has 10 heteroatoms. The topological polar surface area (TPSA) is 80.7 Å². The first-order chi connectivity index (χ1) is 13.2. The zero-order valence-corrected chi connectivity index (χ0v) is 14.9. The summed E-state index contributed by atoms with van der Waals surface area (Å²) < 4.78 is 51.1. The fourth-order valence-corrected chi connectivity index (χ4v) is 2.48. The van der Waals surface area contributed by atoms with Crippen molar-refractivity contribution in [1.82, 2.24) is 5.16 Å². The molecule has 0 unspecified atom stereocenters. The van der Waals surface area contributed by atoms with Crippen molar-refractivity contribution in [3.8, 4) is 5.75 Å². The molecule has 0 saturated carbocycles. The van der Waals surface area contributed by atoms with Crippen LogP contribution in [0.2, 0.25) is 0 Å². The van der Waals surface area contributed by atoms with Gasteiger partial charge in [-0.25, -0.2) is 4.79 Å². The number of alkyl halides is 3. The first kappa shape index (κ1) is 19.3. The summed E-state index contributed by atoms with van der Waals surface area (Å²) in [5, 5.41) is 6.29. The Bertz CT molecular complexity index is 948. The summed E-state index contributed by atoms with van der Waals surface area (Å²) in [6.07, 6.45) is -3.39. The van der Waals surface area contributed by atoms with Crippen LogP contribution in [0.5, 0.6) is 5.75 Å². The van der Waals surface area contributed by atoms with E-state index in [9.17, 15) is 18.0 Å². The number of anilines is 2. The van der Waals surface area contributed by atoms with Crippen LogP contribution in [0.3, 0.4) is 0 Å². The number of aromatic nitrogens is 1. The van der Waals surface area contributed by atoms with Gasteiger partial charge >= 0.3 is 12.4 Å². The third-order valence-electron chi connectivity index (χ3n) is 3.71. The SMILES string of the molecule is Cc1ccc(CN(C(=O)Nc2ccc(OC(F)(F)F)cc2)c2cnoc2C)o1. The number of nitrogens with zero attached hydrogens (tertiary/aromatic N) is 2. The number of hydrogen-bond donors (Lipinski definition) is 1. The maximum absolute atomic E-state index is 12.8. The van der Waals surface area contributed by atoms with Crippen molar-refractivity contribution in [2.45, 2.75) is 26.8 Å². The second kappa shape index (κ2) is 7.67. The number of ether oxygens (including phenoxy) is 1. The largest absolute Gasteiger partial charge is 0.573 e. The Kier molecular flexibility index (Phi) is 5.30. The molecule has 0 radical (unpaired) electrons. The van der Waals surface area contributed by atoms with Gasteiger partial charge in [-0.3, -0.25) is 4.90 Å². The molecule has 0 spiro atoms. The van der Waals surface area contributed by atoms with E-state index >= 15 is 0 Å². The van der Waals surface area contributed by atoms with Crippen molar-refractivity contribution in [1.29, 1.82) is 0 Å². The highest BCUT2D eigenvalue weighted by atomic mass is 19.4. The Morgan fingerprint density at radius 1 is 1.18 bits per heavy atom. The van der Waals surface area contributed by atoms with Gasteiger partial charge in [0.25, 0.3) is 0 Å². The van der Waals surface area contributed by atoms with Crippen LogP contribution in [0.25, 0.3) is 0 Å². The van der Waals surface area contributed by atoms with Crippen molar-refractivity contribution in [3.05, 3.63) is 59.9 Å². The molecule has 7 nitrogen and oxygen atoms in total. The summed E-state index contributed by atoms with van der Waals surface area (Å²) in [6, 6.07) is 7.78. The third kappa shape index (κ3) is 4.84. The van der Waals surface area contributed by atoms with Gasteiger partial charge < -0.3 is 19.0 Å². The number of aryl methyl sites for hydroxylation is 2. The quantitative estimate of drug-likeness (QED) is 0.656. The minimum absolute atomic E-state index is 0.108. The Morgan fingerprint density at radius 3 is 2.43 bits per heavy atom. The summed E-state index contributed by atoms with van der Waals surface area (Å²) in [7, 11) is 0. The molecule has 0 fully saturated rings. The van der Waals surface area contributed by atoms with E-state index in [1.807, 2.05) is 0 Å². The molecule has 0 bridgehead atoms. The van der Waals surface area contributed by atoms with Crippen LogP contribution in [0, 0.1) is 13.8 Å². The molecule has 3 aromatic rings. The predicted molar refractivity (Wildman–Crippen MR) is 93.0 cm³/mol. The van der Waals surface area contributed by atoms with E-state index in [4.69, 9.17) is 8.94 Å². The molecule has 2 aromatic heterocycles. The highest BCUT2D eigenvalue weighted by Crippen LogP contribution is 2.26. The second-order valence-corrected chi connectivity index (χ2v) is 5.87. The van der Waals surface area contributed by atoms with Crippen LogP contribution in [-0.4, -0.2) is 17.6 Å². The maximum Gasteiger partial charge on any atom is 0.573 e. The molecular formula is C18H16F3N3O4. The Hall–Kier alpha value is -3.43. The number of rotatable bonds is 5. The predicted octanol–water partition coefficient (Wildman–Crippen LogP) is 5.02. The molecule has 0 aliphatic rings. The molecule has 2 heterocycles. The maximum atomic E-state index is 12.8. The van der Waals surface area contributed by atoms with Crippen molar-refractivity contribution >= 4 is 17.4 Å². The molecule has 28 heavy (non-hydrogen) atoms. The van der Waals surface area contributed by atoms with E-state index in [0.29, 0.717) is 23.0 Å². The number of nitrogens with one attached hydrogen (secondary N) is 1. The number of furan rings is 1. The lowest BCUT2D eigenvalue weighted by molar-refractivity contribution is -0.274. The molecule has 0 atom stereocenters. The highest BCUT2D eigenvalue weighted by molar-refractivity contribution is 6.01. The van der Waals surface area contributed by atoms with Gasteiger partial charge in [0.05, 0.1) is 12.7 Å². The molecule has 0 saturated heterocycles. The van der Waals surface area contributed by atoms with E-state index < -0.39 is 12.4 Å². The molecular weight excluding hydrogens is 379 g/mol. The number of urea groups is 1. The first-order valence-electron chi connectivity index (χ1n) is 8.12. The van der Waals surface area contributed by atoms with Gasteiger partial charge in [0.2, 0.25) is 0 Å². The summed E-state index contributed by atoms with van der Waals surface area (Å²) in [6.45, 7) is 3.54. The second-order valence-electron chi connectivity index (χ2n) is 5.87. The standard InChI is InChI=1S/C18H16F3N3O4/c1-11-3-6-15(26-11)10-24(16-9-22-28-12(16)2)17(25)23-13-4-7-14(8-5-13)27-18(19,20)21/h3-9H,10H2,1-2H3,(H,23,25). The normalized spacial score (nSPS) is 11.3. The molecule has 0 aliphatic carbocycles. The lowest BCUT2D eigenvalue weighted by Gasteiger charge is -2.21. The van der Waals surface area contributed by atoms with Crippen molar-refractivity contribution in [2.75, 3.05) is 10.2 Å². The zero-order chi connectivity index (χ0) is 20.3. The first-order valence-corrected chi connectivity index (χ1v) is 8.12. The zero-order valence-electron chi connectivity index (χ0n) is 14.9. The van der Waals surface area contributed by atoms with E-state index in [0.717, 1.165) is 12.1 Å². The van der Waals surface area contributed by atoms with Crippen LogP contribution in [0.15, 0.2) is 51.5 Å². The number of carbonyl (C=O) groups is 1. The number of amides is 2. The molecule has 1 N–H and O–H groups in total. The van der Waals surface area contributed by atoms with Gasteiger partial charge in [-0.1, -0.05) is 5.16 Å². The fraction of sp³-hybridized carbons (Fsp3) is 0.222. The van der Waals surface area contributed by atoms with E-state index in [-0.39, 0.29) is 18.0 Å². The minimum atomic E-state index is -4.78. The monoisotopic (exact) mass is 395 g/mol. The van der Waals surface area contributed by atoms with Crippen LogP contribution in [0.1, 0.15) is 17.3 Å². The van der Waals surface area contributed by atoms with Gasteiger partial charge in [-0.05, 0) is 50.2 Å². The van der Waals surface area contributed by atoms with Gasteiger partial charge in [-0.2, -0.15) is 0 Å². The Morgan fingerprint density at radius 2 is 1.89 bits per heavy atom. The molecule has 2 amide bonds. The lowest BCUT2D eigenvalue weighted by Crippen LogP contribution is -2.34. The summed E-state index contributed by atoms with van der Waals surface area (Å²) in [4.78, 5) is 14.1. The highest BCUT2D eigenvalue weighted by Gasteiger charge is 2.31. The molecule has 148 valence electrons. The fourth-order valence-electron chi connectivity index (χ4n) is 2.48. The van der Waals surface area contributed by atoms with Crippen molar-refractivity contribution in [3.63, 3.8) is 0 Å². The third-order valence-corrected chi connectivity index (χ3v) is 3.71. The van der Waals surface area contributed by atoms with E-state index in [2.05, 4.69) is 15.2 Å². The molecule has 0 aliphatic heterocycles. The van der Waals surface area contributed by atoms with E-state index in [1.54, 1.807) is 26.0 Å². The van der Waals surface area contributed by atoms with Gasteiger partial charge in [0, 0.05) is 5.69 Å². The van der Waals surface area contributed by atoms with Gasteiger partial charge in [0.15, 0.2) is 5.76 Å². The lowest BCUT2D eigenvalue weighted by atomic mass is 10.3. The van der Waals surface area contributed by atoms with Gasteiger partial charge in [-0.15, -0.1) is 13.2 Å². The summed E-state index contributed by atoms with van der Waals surface area (Å²) in [5.41, 5.74) is 0.720. The number of hydrogen-bond acceptors (Lipinski definition) is 5. The van der Waals surface area contributed by atoms with Crippen molar-refractivity contribution in [2.24, 2.45) is 0 Å². The Balaban J connectivity index is 1.77. The van der Waals surface area contributed by atoms with E-state index in [1.165, 1.54) is 23.2 Å². The number of halogens is 3. The summed E-state index contributed by atoms with van der Waals surface area (Å²) in [5.74, 6) is 1.27. The summed E-state index contributed by atoms with van der Waals surface area (Å²) >= 11 is 0. The average molecular weight is 395 g/mol. The molecule has 1 aromatic carbocycles. The van der Waals surface area contributed by atoms with Gasteiger partial charge in [0.1, 0.15) is 23.0 Å². The smallest absolute Gasteiger partial charge is 0.464 e. The van der Waals surface area contributed by atoms with Crippen LogP contribution >= 0.6 is 0 Å².